The molecule has 0 bridgehead atoms. The molecular formula is C11H10FN5O. The highest BCUT2D eigenvalue weighted by Gasteiger charge is 2.00. The fourth-order valence-corrected chi connectivity index (χ4v) is 1.23. The van der Waals surface area contributed by atoms with E-state index in [9.17, 15) is 9.18 Å². The molecule has 0 aliphatic heterocycles. The molecule has 92 valence electrons. The number of nitrogens with zero attached hydrogens (tertiary/aromatic N) is 2. The second-order valence-corrected chi connectivity index (χ2v) is 3.32. The van der Waals surface area contributed by atoms with E-state index in [0.717, 1.165) is 0 Å². The number of urea groups is 1. The lowest BCUT2D eigenvalue weighted by molar-refractivity contribution is 0.255. The van der Waals surface area contributed by atoms with Crippen LogP contribution in [-0.2, 0) is 0 Å². The monoisotopic (exact) mass is 247 g/mol. The van der Waals surface area contributed by atoms with Gasteiger partial charge >= 0.3 is 6.03 Å². The first-order valence-electron chi connectivity index (χ1n) is 5.09. The zero-order valence-corrected chi connectivity index (χ0v) is 9.22. The van der Waals surface area contributed by atoms with Crippen molar-refractivity contribution in [1.29, 1.82) is 0 Å². The topological polar surface area (TPSA) is 82.7 Å². The van der Waals surface area contributed by atoms with Crippen LogP contribution < -0.4 is 10.6 Å². The van der Waals surface area contributed by atoms with Crippen LogP contribution in [0.15, 0.2) is 36.8 Å². The van der Waals surface area contributed by atoms with Crippen LogP contribution in [0.3, 0.4) is 0 Å². The van der Waals surface area contributed by atoms with E-state index in [4.69, 9.17) is 0 Å². The third-order valence-electron chi connectivity index (χ3n) is 1.99. The molecule has 0 aliphatic carbocycles. The maximum atomic E-state index is 12.9. The molecule has 6 nitrogen and oxygen atoms in total. The Morgan fingerprint density at radius 3 is 3.06 bits per heavy atom. The van der Waals surface area contributed by atoms with Crippen molar-refractivity contribution in [3.05, 3.63) is 48.2 Å². The quantitative estimate of drug-likeness (QED) is 0.772. The van der Waals surface area contributed by atoms with Crippen molar-refractivity contribution in [3.8, 4) is 0 Å². The number of aromatic nitrogens is 3. The maximum absolute atomic E-state index is 12.9. The average molecular weight is 247 g/mol. The van der Waals surface area contributed by atoms with E-state index in [1.165, 1.54) is 24.7 Å². The summed E-state index contributed by atoms with van der Waals surface area (Å²) in [6.07, 6.45) is 4.25. The molecule has 0 saturated heterocycles. The van der Waals surface area contributed by atoms with Gasteiger partial charge in [-0.2, -0.15) is 10.1 Å². The van der Waals surface area contributed by atoms with Crippen LogP contribution in [0.4, 0.5) is 15.1 Å². The number of amides is 2. The Bertz CT molecular complexity index is 552. The number of aromatic amines is 1. The van der Waals surface area contributed by atoms with Gasteiger partial charge in [0.05, 0.1) is 0 Å². The first kappa shape index (κ1) is 11.8. The summed E-state index contributed by atoms with van der Waals surface area (Å²) in [5.41, 5.74) is 0.648. The predicted molar refractivity (Wildman–Crippen MR) is 64.0 cm³/mol. The molecule has 0 spiro atoms. The van der Waals surface area contributed by atoms with E-state index >= 15 is 0 Å². The summed E-state index contributed by atoms with van der Waals surface area (Å²) in [5, 5.41) is 10.9. The molecule has 0 aliphatic rings. The normalized spacial score (nSPS) is 10.5. The summed E-state index contributed by atoms with van der Waals surface area (Å²) < 4.78 is 12.9. The third-order valence-corrected chi connectivity index (χ3v) is 1.99. The van der Waals surface area contributed by atoms with E-state index in [0.29, 0.717) is 5.56 Å². The Hall–Kier alpha value is -2.70. The lowest BCUT2D eigenvalue weighted by Crippen LogP contribution is -2.24. The minimum atomic E-state index is -0.473. The number of halogens is 1. The van der Waals surface area contributed by atoms with E-state index in [1.807, 2.05) is 0 Å². The third kappa shape index (κ3) is 3.41. The van der Waals surface area contributed by atoms with E-state index in [2.05, 4.69) is 25.8 Å². The molecule has 0 unspecified atom stereocenters. The lowest BCUT2D eigenvalue weighted by atomic mass is 10.2. The Kier molecular flexibility index (Phi) is 3.65. The van der Waals surface area contributed by atoms with Gasteiger partial charge in [-0.25, -0.2) is 14.3 Å². The fourth-order valence-electron chi connectivity index (χ4n) is 1.23. The highest BCUT2D eigenvalue weighted by Crippen LogP contribution is 2.04. The van der Waals surface area contributed by atoms with Gasteiger partial charge in [0, 0.05) is 6.20 Å². The van der Waals surface area contributed by atoms with Gasteiger partial charge in [0.1, 0.15) is 12.1 Å². The Morgan fingerprint density at radius 2 is 2.33 bits per heavy atom. The van der Waals surface area contributed by atoms with Gasteiger partial charge < -0.3 is 5.32 Å². The van der Waals surface area contributed by atoms with Crippen molar-refractivity contribution < 1.29 is 9.18 Å². The predicted octanol–water partition coefficient (Wildman–Crippen LogP) is 1.74. The molecule has 0 radical (unpaired) electrons. The number of H-pyrrole nitrogens is 1. The molecule has 18 heavy (non-hydrogen) atoms. The van der Waals surface area contributed by atoms with Crippen LogP contribution in [-0.4, -0.2) is 21.2 Å². The Balaban J connectivity index is 1.86. The number of carbonyl (C=O) groups excluding carboxylic acids is 1. The van der Waals surface area contributed by atoms with Crippen molar-refractivity contribution >= 4 is 18.1 Å². The first-order chi connectivity index (χ1) is 8.74. The number of benzene rings is 1. The lowest BCUT2D eigenvalue weighted by Gasteiger charge is -1.99. The largest absolute Gasteiger partial charge is 0.325 e. The fraction of sp³-hybridized carbons (Fsp3) is 0. The molecule has 1 aromatic carbocycles. The minimum Gasteiger partial charge on any atom is -0.314 e. The molecule has 3 N–H and O–H groups in total. The second-order valence-electron chi connectivity index (χ2n) is 3.32. The molecule has 2 amide bonds. The number of hydrogen-bond donors (Lipinski definition) is 3. The summed E-state index contributed by atoms with van der Waals surface area (Å²) in [6.45, 7) is 0. The summed E-state index contributed by atoms with van der Waals surface area (Å²) in [4.78, 5) is 15.1. The van der Waals surface area contributed by atoms with Gasteiger partial charge in [-0.15, -0.1) is 0 Å². The van der Waals surface area contributed by atoms with Gasteiger partial charge in [-0.05, 0) is 23.8 Å². The van der Waals surface area contributed by atoms with E-state index in [-0.39, 0.29) is 11.8 Å². The molecule has 2 rings (SSSR count). The summed E-state index contributed by atoms with van der Waals surface area (Å²) in [7, 11) is 0. The molecule has 1 heterocycles. The minimum absolute atomic E-state index is 0.242. The van der Waals surface area contributed by atoms with Gasteiger partial charge in [-0.1, -0.05) is 12.1 Å². The Labute approximate surface area is 102 Å². The molecular weight excluding hydrogens is 237 g/mol. The molecule has 7 heteroatoms. The van der Waals surface area contributed by atoms with Crippen LogP contribution in [0.25, 0.3) is 6.08 Å². The number of nitrogens with one attached hydrogen (secondary N) is 3. The van der Waals surface area contributed by atoms with Crippen molar-refractivity contribution in [2.24, 2.45) is 0 Å². The Morgan fingerprint density at radius 1 is 1.44 bits per heavy atom. The first-order valence-corrected chi connectivity index (χ1v) is 5.09. The van der Waals surface area contributed by atoms with Crippen molar-refractivity contribution in [2.75, 3.05) is 5.32 Å². The zero-order chi connectivity index (χ0) is 12.8. The summed E-state index contributed by atoms with van der Waals surface area (Å²) in [5.74, 6) is -0.0880. The van der Waals surface area contributed by atoms with Crippen molar-refractivity contribution in [1.82, 2.24) is 20.5 Å². The van der Waals surface area contributed by atoms with Crippen LogP contribution in [0.2, 0.25) is 0 Å². The van der Waals surface area contributed by atoms with Crippen LogP contribution in [0.1, 0.15) is 5.56 Å². The van der Waals surface area contributed by atoms with Crippen molar-refractivity contribution in [2.45, 2.75) is 0 Å². The van der Waals surface area contributed by atoms with E-state index in [1.54, 1.807) is 18.2 Å². The number of carbonyl (C=O) groups is 1. The zero-order valence-electron chi connectivity index (χ0n) is 9.22. The highest BCUT2D eigenvalue weighted by molar-refractivity contribution is 5.88. The van der Waals surface area contributed by atoms with Gasteiger partial charge in [0.25, 0.3) is 0 Å². The van der Waals surface area contributed by atoms with Gasteiger partial charge in [0.2, 0.25) is 5.95 Å². The number of anilines is 1. The van der Waals surface area contributed by atoms with E-state index < -0.39 is 6.03 Å². The number of hydrogen-bond acceptors (Lipinski definition) is 3. The summed E-state index contributed by atoms with van der Waals surface area (Å²) in [6, 6.07) is 5.53. The van der Waals surface area contributed by atoms with Crippen LogP contribution in [0, 0.1) is 5.82 Å². The number of rotatable bonds is 3. The second kappa shape index (κ2) is 5.58. The SMILES string of the molecule is O=C(N/C=C/c1cccc(F)c1)Nc1ncn[nH]1. The molecule has 0 atom stereocenters. The van der Waals surface area contributed by atoms with Gasteiger partial charge in [0.15, 0.2) is 0 Å². The summed E-state index contributed by atoms with van der Waals surface area (Å²) >= 11 is 0. The van der Waals surface area contributed by atoms with Crippen molar-refractivity contribution in [3.63, 3.8) is 0 Å². The smallest absolute Gasteiger partial charge is 0.314 e. The standard InChI is InChI=1S/C11H10FN5O/c12-9-3-1-2-8(6-9)4-5-13-11(18)16-10-14-7-15-17-10/h1-7H,(H3,13,14,15,16,17,18)/b5-4+. The molecule has 2 aromatic rings. The van der Waals surface area contributed by atoms with Crippen LogP contribution in [0.5, 0.6) is 0 Å². The molecule has 0 saturated carbocycles. The maximum Gasteiger partial charge on any atom is 0.325 e. The van der Waals surface area contributed by atoms with Crippen LogP contribution >= 0.6 is 0 Å². The highest BCUT2D eigenvalue weighted by atomic mass is 19.1. The van der Waals surface area contributed by atoms with Gasteiger partial charge in [-0.3, -0.25) is 5.32 Å². The molecule has 1 aromatic heterocycles. The average Bonchev–Trinajstić information content (AvgIpc) is 2.82. The molecule has 0 fully saturated rings.